The standard InChI is InChI=1S/C15H28N2O/c1-13-4-6-14(7-5-13)8-9-16-12-15(18)17-10-2-3-11-17/h13-14,16H,2-12H2,1H3. The van der Waals surface area contributed by atoms with Crippen molar-refractivity contribution in [3.63, 3.8) is 0 Å². The molecule has 0 aromatic carbocycles. The first kappa shape index (κ1) is 13.9. The van der Waals surface area contributed by atoms with E-state index in [-0.39, 0.29) is 0 Å². The molecule has 1 saturated heterocycles. The van der Waals surface area contributed by atoms with Gasteiger partial charge in [-0.15, -0.1) is 0 Å². The molecule has 0 radical (unpaired) electrons. The van der Waals surface area contributed by atoms with Crippen molar-refractivity contribution in [3.05, 3.63) is 0 Å². The fourth-order valence-corrected chi connectivity index (χ4v) is 3.20. The van der Waals surface area contributed by atoms with Gasteiger partial charge in [0.1, 0.15) is 0 Å². The van der Waals surface area contributed by atoms with E-state index in [4.69, 9.17) is 0 Å². The zero-order valence-electron chi connectivity index (χ0n) is 11.8. The van der Waals surface area contributed by atoms with Gasteiger partial charge >= 0.3 is 0 Å². The fraction of sp³-hybridized carbons (Fsp3) is 0.933. The second kappa shape index (κ2) is 7.13. The number of nitrogens with zero attached hydrogens (tertiary/aromatic N) is 1. The lowest BCUT2D eigenvalue weighted by Crippen LogP contribution is -2.36. The summed E-state index contributed by atoms with van der Waals surface area (Å²) in [6.45, 7) is 5.87. The van der Waals surface area contributed by atoms with Gasteiger partial charge in [-0.2, -0.15) is 0 Å². The fourth-order valence-electron chi connectivity index (χ4n) is 3.20. The van der Waals surface area contributed by atoms with Gasteiger partial charge in [-0.25, -0.2) is 0 Å². The Bertz CT molecular complexity index is 253. The highest BCUT2D eigenvalue weighted by molar-refractivity contribution is 5.78. The molecule has 1 N–H and O–H groups in total. The second-order valence-corrected chi connectivity index (χ2v) is 6.18. The van der Waals surface area contributed by atoms with Crippen molar-refractivity contribution in [2.75, 3.05) is 26.2 Å². The average Bonchev–Trinajstić information content (AvgIpc) is 2.90. The van der Waals surface area contributed by atoms with Crippen LogP contribution in [0.3, 0.4) is 0 Å². The highest BCUT2D eigenvalue weighted by atomic mass is 16.2. The smallest absolute Gasteiger partial charge is 0.236 e. The minimum Gasteiger partial charge on any atom is -0.342 e. The molecule has 1 amide bonds. The van der Waals surface area contributed by atoms with Crippen molar-refractivity contribution in [1.82, 2.24) is 10.2 Å². The third-order valence-corrected chi connectivity index (χ3v) is 4.60. The zero-order valence-corrected chi connectivity index (χ0v) is 11.8. The quantitative estimate of drug-likeness (QED) is 0.762. The first-order valence-electron chi connectivity index (χ1n) is 7.74. The molecule has 1 saturated carbocycles. The Morgan fingerprint density at radius 2 is 1.83 bits per heavy atom. The monoisotopic (exact) mass is 252 g/mol. The second-order valence-electron chi connectivity index (χ2n) is 6.18. The molecule has 0 atom stereocenters. The number of amides is 1. The van der Waals surface area contributed by atoms with Crippen LogP contribution in [0.4, 0.5) is 0 Å². The third kappa shape index (κ3) is 4.27. The Balaban J connectivity index is 1.51. The molecular formula is C15H28N2O. The maximum absolute atomic E-state index is 11.8. The lowest BCUT2D eigenvalue weighted by molar-refractivity contribution is -0.129. The van der Waals surface area contributed by atoms with Crippen LogP contribution in [-0.2, 0) is 4.79 Å². The topological polar surface area (TPSA) is 32.3 Å². The van der Waals surface area contributed by atoms with Gasteiger partial charge in [0.25, 0.3) is 0 Å². The van der Waals surface area contributed by atoms with Gasteiger partial charge in [0.2, 0.25) is 5.91 Å². The Morgan fingerprint density at radius 1 is 1.17 bits per heavy atom. The molecule has 3 heteroatoms. The molecule has 104 valence electrons. The SMILES string of the molecule is CC1CCC(CCNCC(=O)N2CCCC2)CC1. The van der Waals surface area contributed by atoms with E-state index in [2.05, 4.69) is 12.2 Å². The van der Waals surface area contributed by atoms with E-state index in [1.807, 2.05) is 4.90 Å². The number of hydrogen-bond donors (Lipinski definition) is 1. The van der Waals surface area contributed by atoms with E-state index in [0.29, 0.717) is 12.5 Å². The van der Waals surface area contributed by atoms with Crippen molar-refractivity contribution in [3.8, 4) is 0 Å². The predicted octanol–water partition coefficient (Wildman–Crippen LogP) is 2.41. The molecule has 0 bridgehead atoms. The van der Waals surface area contributed by atoms with E-state index in [9.17, 15) is 4.79 Å². The highest BCUT2D eigenvalue weighted by Gasteiger charge is 2.19. The Labute approximate surface area is 111 Å². The molecule has 3 nitrogen and oxygen atoms in total. The molecule has 1 aliphatic heterocycles. The molecule has 2 fully saturated rings. The highest BCUT2D eigenvalue weighted by Crippen LogP contribution is 2.29. The lowest BCUT2D eigenvalue weighted by atomic mass is 9.81. The van der Waals surface area contributed by atoms with Gasteiger partial charge in [0.05, 0.1) is 6.54 Å². The third-order valence-electron chi connectivity index (χ3n) is 4.60. The molecule has 2 rings (SSSR count). The first-order valence-corrected chi connectivity index (χ1v) is 7.74. The first-order chi connectivity index (χ1) is 8.75. The van der Waals surface area contributed by atoms with E-state index in [1.54, 1.807) is 0 Å². The van der Waals surface area contributed by atoms with Gasteiger partial charge in [0.15, 0.2) is 0 Å². The summed E-state index contributed by atoms with van der Waals surface area (Å²) in [5, 5.41) is 3.33. The van der Waals surface area contributed by atoms with Gasteiger partial charge in [0, 0.05) is 13.1 Å². The molecule has 1 heterocycles. The van der Waals surface area contributed by atoms with Crippen LogP contribution in [0, 0.1) is 11.8 Å². The van der Waals surface area contributed by atoms with Crippen LogP contribution in [0.2, 0.25) is 0 Å². The number of likely N-dealkylation sites (tertiary alicyclic amines) is 1. The molecule has 0 aromatic rings. The molecule has 18 heavy (non-hydrogen) atoms. The van der Waals surface area contributed by atoms with Crippen LogP contribution in [0.5, 0.6) is 0 Å². The number of rotatable bonds is 5. The number of carbonyl (C=O) groups excluding carboxylic acids is 1. The number of hydrogen-bond acceptors (Lipinski definition) is 2. The van der Waals surface area contributed by atoms with Crippen molar-refractivity contribution in [1.29, 1.82) is 0 Å². The van der Waals surface area contributed by atoms with Crippen molar-refractivity contribution >= 4 is 5.91 Å². The maximum Gasteiger partial charge on any atom is 0.236 e. The van der Waals surface area contributed by atoms with E-state index < -0.39 is 0 Å². The summed E-state index contributed by atoms with van der Waals surface area (Å²) in [5.41, 5.74) is 0. The summed E-state index contributed by atoms with van der Waals surface area (Å²) in [5.74, 6) is 2.13. The van der Waals surface area contributed by atoms with Gasteiger partial charge in [-0.1, -0.05) is 32.6 Å². The largest absolute Gasteiger partial charge is 0.342 e. The van der Waals surface area contributed by atoms with Crippen LogP contribution < -0.4 is 5.32 Å². The molecule has 0 aromatic heterocycles. The van der Waals surface area contributed by atoms with E-state index in [1.165, 1.54) is 44.9 Å². The van der Waals surface area contributed by atoms with Crippen molar-refractivity contribution in [2.24, 2.45) is 11.8 Å². The molecule has 2 aliphatic rings. The summed E-state index contributed by atoms with van der Waals surface area (Å²) in [4.78, 5) is 13.8. The molecule has 0 unspecified atom stereocenters. The molecular weight excluding hydrogens is 224 g/mol. The van der Waals surface area contributed by atoms with Crippen LogP contribution in [0.15, 0.2) is 0 Å². The van der Waals surface area contributed by atoms with Crippen molar-refractivity contribution in [2.45, 2.75) is 51.9 Å². The Hall–Kier alpha value is -0.570. The van der Waals surface area contributed by atoms with Crippen LogP contribution in [-0.4, -0.2) is 37.0 Å². The minimum atomic E-state index is 0.296. The Morgan fingerprint density at radius 3 is 2.50 bits per heavy atom. The summed E-state index contributed by atoms with van der Waals surface area (Å²) in [6.07, 6.45) is 9.21. The van der Waals surface area contributed by atoms with Crippen LogP contribution in [0.1, 0.15) is 51.9 Å². The lowest BCUT2D eigenvalue weighted by Gasteiger charge is -2.26. The van der Waals surface area contributed by atoms with E-state index in [0.717, 1.165) is 31.5 Å². The Kier molecular flexibility index (Phi) is 5.48. The molecule has 1 aliphatic carbocycles. The van der Waals surface area contributed by atoms with Gasteiger partial charge < -0.3 is 10.2 Å². The van der Waals surface area contributed by atoms with Gasteiger partial charge in [-0.3, -0.25) is 4.79 Å². The molecule has 0 spiro atoms. The predicted molar refractivity (Wildman–Crippen MR) is 74.4 cm³/mol. The number of carbonyl (C=O) groups is 1. The summed E-state index contributed by atoms with van der Waals surface area (Å²) < 4.78 is 0. The van der Waals surface area contributed by atoms with E-state index >= 15 is 0 Å². The summed E-state index contributed by atoms with van der Waals surface area (Å²) in [7, 11) is 0. The zero-order chi connectivity index (χ0) is 12.8. The van der Waals surface area contributed by atoms with Crippen molar-refractivity contribution < 1.29 is 4.79 Å². The average molecular weight is 252 g/mol. The summed E-state index contributed by atoms with van der Waals surface area (Å²) >= 11 is 0. The van der Waals surface area contributed by atoms with Gasteiger partial charge in [-0.05, 0) is 37.6 Å². The normalized spacial score (nSPS) is 28.6. The number of nitrogens with one attached hydrogen (secondary N) is 1. The minimum absolute atomic E-state index is 0.296. The maximum atomic E-state index is 11.8. The van der Waals surface area contributed by atoms with Crippen LogP contribution >= 0.6 is 0 Å². The summed E-state index contributed by atoms with van der Waals surface area (Å²) in [6, 6.07) is 0. The van der Waals surface area contributed by atoms with Crippen LogP contribution in [0.25, 0.3) is 0 Å².